The first kappa shape index (κ1) is 11.7. The van der Waals surface area contributed by atoms with Crippen LogP contribution in [0.15, 0.2) is 18.2 Å². The van der Waals surface area contributed by atoms with E-state index >= 15 is 0 Å². The van der Waals surface area contributed by atoms with E-state index in [0.29, 0.717) is 0 Å². The van der Waals surface area contributed by atoms with Gasteiger partial charge < -0.3 is 9.84 Å². The molecule has 0 bridgehead atoms. The van der Waals surface area contributed by atoms with Crippen molar-refractivity contribution < 1.29 is 14.2 Å². The van der Waals surface area contributed by atoms with Crippen LogP contribution in [0.5, 0.6) is 5.75 Å². The molecule has 16 heavy (non-hydrogen) atoms. The topological polar surface area (TPSA) is 29.5 Å². The Balaban J connectivity index is 1.90. The first-order chi connectivity index (χ1) is 7.69. The molecular weight excluding hydrogens is 227 g/mol. The van der Waals surface area contributed by atoms with Gasteiger partial charge >= 0.3 is 0 Å². The van der Waals surface area contributed by atoms with Crippen molar-refractivity contribution in [2.75, 3.05) is 12.4 Å². The molecule has 2 atom stereocenters. The Bertz CT molecular complexity index is 370. The summed E-state index contributed by atoms with van der Waals surface area (Å²) in [6, 6.07) is 4.64. The third-order valence-corrected chi connectivity index (χ3v) is 3.87. The first-order valence-corrected chi connectivity index (χ1v) is 6.41. The lowest BCUT2D eigenvalue weighted by molar-refractivity contribution is 0.258. The second-order valence-electron chi connectivity index (χ2n) is 4.02. The van der Waals surface area contributed by atoms with Crippen molar-refractivity contribution in [2.24, 2.45) is 0 Å². The Morgan fingerprint density at radius 3 is 3.19 bits per heavy atom. The fourth-order valence-corrected chi connectivity index (χ4v) is 2.54. The summed E-state index contributed by atoms with van der Waals surface area (Å²) < 4.78 is 18.7. The van der Waals surface area contributed by atoms with Crippen LogP contribution < -0.4 is 4.74 Å². The highest BCUT2D eigenvalue weighted by Crippen LogP contribution is 2.31. The Morgan fingerprint density at radius 2 is 2.44 bits per heavy atom. The number of aliphatic hydroxyl groups excluding tert-OH is 1. The number of rotatable bonds is 4. The van der Waals surface area contributed by atoms with Crippen molar-refractivity contribution in [3.63, 3.8) is 0 Å². The lowest BCUT2D eigenvalue weighted by atomic mass is 10.1. The van der Waals surface area contributed by atoms with Gasteiger partial charge in [0.2, 0.25) is 0 Å². The Morgan fingerprint density at radius 1 is 1.62 bits per heavy atom. The number of aliphatic hydroxyl groups is 1. The average Bonchev–Trinajstić information content (AvgIpc) is 2.67. The molecule has 0 aromatic heterocycles. The zero-order valence-corrected chi connectivity index (χ0v) is 9.97. The minimum absolute atomic E-state index is 0.107. The van der Waals surface area contributed by atoms with Crippen LogP contribution >= 0.6 is 11.8 Å². The van der Waals surface area contributed by atoms with Crippen LogP contribution in [0, 0.1) is 5.82 Å². The summed E-state index contributed by atoms with van der Waals surface area (Å²) in [5.41, 5.74) is 0.947. The van der Waals surface area contributed by atoms with E-state index in [9.17, 15) is 4.39 Å². The molecule has 1 N–H and O–H groups in total. The molecule has 2 nitrogen and oxygen atoms in total. The van der Waals surface area contributed by atoms with Crippen molar-refractivity contribution in [3.8, 4) is 5.75 Å². The highest BCUT2D eigenvalue weighted by atomic mass is 32.2. The molecular formula is C12H15FO2S. The molecule has 0 fully saturated rings. The normalized spacial score (nSPS) is 20.3. The van der Waals surface area contributed by atoms with E-state index in [0.717, 1.165) is 23.5 Å². The Labute approximate surface area is 98.8 Å². The van der Waals surface area contributed by atoms with Crippen molar-refractivity contribution in [2.45, 2.75) is 24.7 Å². The largest absolute Gasteiger partial charge is 0.489 e. The monoisotopic (exact) mass is 242 g/mol. The van der Waals surface area contributed by atoms with Gasteiger partial charge in [0.15, 0.2) is 0 Å². The summed E-state index contributed by atoms with van der Waals surface area (Å²) in [4.78, 5) is 0. The van der Waals surface area contributed by atoms with Crippen molar-refractivity contribution in [3.05, 3.63) is 29.6 Å². The molecule has 0 aliphatic carbocycles. The number of ether oxygens (including phenoxy) is 1. The number of fused-ring (bicyclic) bond motifs is 1. The van der Waals surface area contributed by atoms with Crippen molar-refractivity contribution >= 4 is 11.8 Å². The van der Waals surface area contributed by atoms with E-state index in [2.05, 4.69) is 0 Å². The van der Waals surface area contributed by atoms with E-state index in [-0.39, 0.29) is 23.8 Å². The van der Waals surface area contributed by atoms with Gasteiger partial charge in [-0.2, -0.15) is 11.8 Å². The molecule has 2 rings (SSSR count). The van der Waals surface area contributed by atoms with Gasteiger partial charge in [0, 0.05) is 23.0 Å². The maximum Gasteiger partial charge on any atom is 0.123 e. The van der Waals surface area contributed by atoms with Gasteiger partial charge in [0.25, 0.3) is 0 Å². The standard InChI is InChI=1S/C12H15FO2S/c1-8(6-14)16-7-11-5-9-4-10(13)2-3-12(9)15-11/h2-4,8,11,14H,5-7H2,1H3. The zero-order valence-electron chi connectivity index (χ0n) is 9.15. The minimum Gasteiger partial charge on any atom is -0.489 e. The van der Waals surface area contributed by atoms with Crippen molar-refractivity contribution in [1.29, 1.82) is 0 Å². The third-order valence-electron chi connectivity index (χ3n) is 2.59. The molecule has 0 saturated carbocycles. The second-order valence-corrected chi connectivity index (χ2v) is 5.49. The van der Waals surface area contributed by atoms with Gasteiger partial charge in [-0.05, 0) is 18.2 Å². The van der Waals surface area contributed by atoms with Gasteiger partial charge in [0.1, 0.15) is 17.7 Å². The van der Waals surface area contributed by atoms with Gasteiger partial charge in [0.05, 0.1) is 6.61 Å². The summed E-state index contributed by atoms with van der Waals surface area (Å²) in [7, 11) is 0. The average molecular weight is 242 g/mol. The van der Waals surface area contributed by atoms with Gasteiger partial charge in [-0.15, -0.1) is 0 Å². The van der Waals surface area contributed by atoms with Crippen LogP contribution in [0.25, 0.3) is 0 Å². The number of benzene rings is 1. The molecule has 1 aliphatic heterocycles. The predicted octanol–water partition coefficient (Wildman–Crippen LogP) is 2.24. The van der Waals surface area contributed by atoms with Crippen LogP contribution in [0.4, 0.5) is 4.39 Å². The van der Waals surface area contributed by atoms with Crippen molar-refractivity contribution in [1.82, 2.24) is 0 Å². The molecule has 1 aromatic rings. The highest BCUT2D eigenvalue weighted by molar-refractivity contribution is 7.99. The van der Waals surface area contributed by atoms with Crippen LogP contribution in [-0.4, -0.2) is 28.8 Å². The quantitative estimate of drug-likeness (QED) is 0.878. The number of halogens is 1. The molecule has 1 aromatic carbocycles. The summed E-state index contributed by atoms with van der Waals surface area (Å²) in [5.74, 6) is 1.42. The number of hydrogen-bond donors (Lipinski definition) is 1. The van der Waals surface area contributed by atoms with Crippen LogP contribution in [-0.2, 0) is 6.42 Å². The number of thioether (sulfide) groups is 1. The third kappa shape index (κ3) is 2.68. The highest BCUT2D eigenvalue weighted by Gasteiger charge is 2.23. The summed E-state index contributed by atoms with van der Waals surface area (Å²) in [6.45, 7) is 2.16. The first-order valence-electron chi connectivity index (χ1n) is 5.36. The molecule has 88 valence electrons. The fourth-order valence-electron chi connectivity index (χ4n) is 1.71. The van der Waals surface area contributed by atoms with E-state index < -0.39 is 0 Å². The lowest BCUT2D eigenvalue weighted by Crippen LogP contribution is -2.18. The molecule has 1 heterocycles. The van der Waals surface area contributed by atoms with Gasteiger partial charge in [-0.3, -0.25) is 0 Å². The molecule has 4 heteroatoms. The maximum absolute atomic E-state index is 13.0. The minimum atomic E-state index is -0.209. The Hall–Kier alpha value is -0.740. The molecule has 0 amide bonds. The lowest BCUT2D eigenvalue weighted by Gasteiger charge is -2.12. The van der Waals surface area contributed by atoms with Gasteiger partial charge in [-0.25, -0.2) is 4.39 Å². The smallest absolute Gasteiger partial charge is 0.123 e. The van der Waals surface area contributed by atoms with E-state index in [4.69, 9.17) is 9.84 Å². The molecule has 2 unspecified atom stereocenters. The summed E-state index contributed by atoms with van der Waals surface area (Å²) in [6.07, 6.45) is 0.869. The zero-order chi connectivity index (χ0) is 11.5. The molecule has 0 spiro atoms. The Kier molecular flexibility index (Phi) is 3.71. The summed E-state index contributed by atoms with van der Waals surface area (Å²) in [5, 5.41) is 9.13. The van der Waals surface area contributed by atoms with Crippen LogP contribution in [0.3, 0.4) is 0 Å². The fraction of sp³-hybridized carbons (Fsp3) is 0.500. The predicted molar refractivity (Wildman–Crippen MR) is 63.5 cm³/mol. The second kappa shape index (κ2) is 5.06. The molecule has 0 radical (unpaired) electrons. The van der Waals surface area contributed by atoms with Crippen LogP contribution in [0.1, 0.15) is 12.5 Å². The van der Waals surface area contributed by atoms with E-state index in [1.165, 1.54) is 12.1 Å². The number of hydrogen-bond acceptors (Lipinski definition) is 3. The van der Waals surface area contributed by atoms with Gasteiger partial charge in [-0.1, -0.05) is 6.92 Å². The van der Waals surface area contributed by atoms with E-state index in [1.807, 2.05) is 6.92 Å². The SMILES string of the molecule is CC(CO)SCC1Cc2cc(F)ccc2O1. The molecule has 0 saturated heterocycles. The molecule has 1 aliphatic rings. The summed E-state index contributed by atoms with van der Waals surface area (Å²) >= 11 is 1.68. The van der Waals surface area contributed by atoms with Crippen LogP contribution in [0.2, 0.25) is 0 Å². The van der Waals surface area contributed by atoms with E-state index in [1.54, 1.807) is 17.8 Å². The maximum atomic E-state index is 13.0.